The molecule has 1 amide bonds. The quantitative estimate of drug-likeness (QED) is 0.228. The second-order valence-electron chi connectivity index (χ2n) is 10.2. The molecule has 1 aliphatic rings. The van der Waals surface area contributed by atoms with E-state index in [0.29, 0.717) is 51.9 Å². The van der Waals surface area contributed by atoms with Crippen molar-refractivity contribution < 1.29 is 9.18 Å². The highest BCUT2D eigenvalue weighted by Gasteiger charge is 2.19. The number of H-pyrrole nitrogens is 2. The molecule has 0 bridgehead atoms. The normalized spacial score (nSPS) is 14.1. The largest absolute Gasteiger partial charge is 0.325 e. The summed E-state index contributed by atoms with van der Waals surface area (Å²) in [5, 5.41) is 13.8. The van der Waals surface area contributed by atoms with Crippen molar-refractivity contribution in [3.8, 4) is 33.9 Å². The molecule has 5 aromatic heterocycles. The van der Waals surface area contributed by atoms with Crippen LogP contribution in [0.25, 0.3) is 56.1 Å². The lowest BCUT2D eigenvalue weighted by Crippen LogP contribution is -2.30. The number of halogens is 1. The molecule has 0 saturated carbocycles. The van der Waals surface area contributed by atoms with Gasteiger partial charge in [-0.25, -0.2) is 19.3 Å². The van der Waals surface area contributed by atoms with Crippen molar-refractivity contribution in [1.82, 2.24) is 40.4 Å². The molecule has 1 saturated heterocycles. The van der Waals surface area contributed by atoms with Crippen molar-refractivity contribution in [3.63, 3.8) is 0 Å². The average Bonchev–Trinajstić information content (AvgIpc) is 3.62. The molecule has 10 nitrogen and oxygen atoms in total. The molecule has 1 aromatic carbocycles. The smallest absolute Gasteiger partial charge is 0.224 e. The predicted molar refractivity (Wildman–Crippen MR) is 154 cm³/mol. The first-order valence-electron chi connectivity index (χ1n) is 13.5. The molecule has 1 aliphatic heterocycles. The molecule has 0 unspecified atom stereocenters. The van der Waals surface area contributed by atoms with Crippen LogP contribution in [-0.4, -0.2) is 54.1 Å². The number of imidazole rings is 1. The highest BCUT2D eigenvalue weighted by atomic mass is 19.1. The van der Waals surface area contributed by atoms with E-state index in [1.165, 1.54) is 12.1 Å². The van der Waals surface area contributed by atoms with Gasteiger partial charge in [0.05, 0.1) is 23.1 Å². The Balaban J connectivity index is 1.19. The third-order valence-electron chi connectivity index (χ3n) is 7.42. The van der Waals surface area contributed by atoms with Crippen LogP contribution < -0.4 is 10.6 Å². The third kappa shape index (κ3) is 5.03. The monoisotopic (exact) mass is 547 g/mol. The van der Waals surface area contributed by atoms with Gasteiger partial charge in [0.1, 0.15) is 16.9 Å². The Morgan fingerprint density at radius 1 is 0.976 bits per heavy atom. The molecule has 4 N–H and O–H groups in total. The first kappa shape index (κ1) is 25.0. The second-order valence-corrected chi connectivity index (χ2v) is 10.2. The maximum Gasteiger partial charge on any atom is 0.224 e. The predicted octanol–water partition coefficient (Wildman–Crippen LogP) is 5.09. The molecule has 7 rings (SSSR count). The van der Waals surface area contributed by atoms with Crippen molar-refractivity contribution in [2.45, 2.75) is 19.3 Å². The number of anilines is 1. The van der Waals surface area contributed by atoms with Gasteiger partial charge >= 0.3 is 0 Å². The number of pyridine rings is 3. The fourth-order valence-corrected chi connectivity index (χ4v) is 5.32. The standard InChI is InChI=1S/C30H26FN9O/c31-20-3-1-18(2-4-20)22-9-12-34-29-26(22)37-30(38-29)28-27-24(39-40-28)6-5-23(36-27)19-14-21(16-33-15-19)35-25(41)13-17-7-10-32-11-8-17/h1-6,9,12,14-17,32H,7-8,10-11,13H2,(H,35,41)(H,39,40)(H,34,37,38). The Kier molecular flexibility index (Phi) is 6.40. The third-order valence-corrected chi connectivity index (χ3v) is 7.42. The Labute approximate surface area is 233 Å². The summed E-state index contributed by atoms with van der Waals surface area (Å²) in [6.45, 7) is 1.91. The van der Waals surface area contributed by atoms with Crippen LogP contribution in [0.1, 0.15) is 19.3 Å². The summed E-state index contributed by atoms with van der Waals surface area (Å²) in [6, 6.07) is 13.8. The highest BCUT2D eigenvalue weighted by molar-refractivity contribution is 5.95. The number of hydrogen-bond acceptors (Lipinski definition) is 7. The van der Waals surface area contributed by atoms with Crippen molar-refractivity contribution in [3.05, 3.63) is 72.9 Å². The van der Waals surface area contributed by atoms with Gasteiger partial charge in [-0.2, -0.15) is 5.10 Å². The van der Waals surface area contributed by atoms with E-state index in [0.717, 1.165) is 48.1 Å². The molecule has 0 aliphatic carbocycles. The molecule has 6 heterocycles. The number of aromatic amines is 2. The Morgan fingerprint density at radius 2 is 1.83 bits per heavy atom. The van der Waals surface area contributed by atoms with Gasteiger partial charge < -0.3 is 15.6 Å². The van der Waals surface area contributed by atoms with Gasteiger partial charge in [-0.15, -0.1) is 0 Å². The number of nitrogens with one attached hydrogen (secondary N) is 4. The van der Waals surface area contributed by atoms with E-state index < -0.39 is 0 Å². The van der Waals surface area contributed by atoms with E-state index in [-0.39, 0.29) is 11.7 Å². The average molecular weight is 548 g/mol. The van der Waals surface area contributed by atoms with Crippen LogP contribution in [0.15, 0.2) is 67.1 Å². The number of piperidine rings is 1. The zero-order valence-corrected chi connectivity index (χ0v) is 22.0. The summed E-state index contributed by atoms with van der Waals surface area (Å²) in [4.78, 5) is 34.4. The first-order valence-corrected chi connectivity index (χ1v) is 13.5. The summed E-state index contributed by atoms with van der Waals surface area (Å²) in [5.74, 6) is 0.605. The minimum Gasteiger partial charge on any atom is -0.325 e. The van der Waals surface area contributed by atoms with Gasteiger partial charge in [-0.3, -0.25) is 14.9 Å². The Hall–Kier alpha value is -5.03. The van der Waals surface area contributed by atoms with Crippen LogP contribution in [0, 0.1) is 11.7 Å². The number of nitrogens with zero attached hydrogens (tertiary/aromatic N) is 5. The molecule has 41 heavy (non-hydrogen) atoms. The van der Waals surface area contributed by atoms with Gasteiger partial charge in [0.25, 0.3) is 0 Å². The number of amides is 1. The van der Waals surface area contributed by atoms with Crippen LogP contribution in [-0.2, 0) is 4.79 Å². The van der Waals surface area contributed by atoms with Crippen LogP contribution in [0.4, 0.5) is 10.1 Å². The minimum absolute atomic E-state index is 0.00474. The molecule has 6 aromatic rings. The summed E-state index contributed by atoms with van der Waals surface area (Å²) < 4.78 is 13.5. The lowest BCUT2D eigenvalue weighted by Gasteiger charge is -2.21. The molecule has 11 heteroatoms. The summed E-state index contributed by atoms with van der Waals surface area (Å²) >= 11 is 0. The topological polar surface area (TPSA) is 137 Å². The van der Waals surface area contributed by atoms with E-state index in [9.17, 15) is 9.18 Å². The van der Waals surface area contributed by atoms with Crippen LogP contribution in [0.5, 0.6) is 0 Å². The molecule has 0 spiro atoms. The Morgan fingerprint density at radius 3 is 2.68 bits per heavy atom. The molecular formula is C30H26FN9O. The fourth-order valence-electron chi connectivity index (χ4n) is 5.32. The zero-order valence-electron chi connectivity index (χ0n) is 22.0. The van der Waals surface area contributed by atoms with Crippen LogP contribution in [0.3, 0.4) is 0 Å². The number of carbonyl (C=O) groups excluding carboxylic acids is 1. The first-order chi connectivity index (χ1) is 20.1. The SMILES string of the molecule is O=C(CC1CCNCC1)Nc1cncc(-c2ccc3[nH]nc(-c4nc5c(-c6ccc(F)cc6)ccnc5[nH]4)c3n2)c1. The molecule has 204 valence electrons. The lowest BCUT2D eigenvalue weighted by molar-refractivity contribution is -0.117. The molecular weight excluding hydrogens is 521 g/mol. The number of fused-ring (bicyclic) bond motifs is 2. The highest BCUT2D eigenvalue weighted by Crippen LogP contribution is 2.31. The van der Waals surface area contributed by atoms with Gasteiger partial charge in [0.2, 0.25) is 5.91 Å². The van der Waals surface area contributed by atoms with Gasteiger partial charge in [-0.1, -0.05) is 12.1 Å². The van der Waals surface area contributed by atoms with Gasteiger partial charge in [0.15, 0.2) is 17.2 Å². The summed E-state index contributed by atoms with van der Waals surface area (Å²) in [7, 11) is 0. The maximum absolute atomic E-state index is 13.5. The van der Waals surface area contributed by atoms with Crippen molar-refractivity contribution in [1.29, 1.82) is 0 Å². The summed E-state index contributed by atoms with van der Waals surface area (Å²) in [5.41, 5.74) is 6.91. The lowest BCUT2D eigenvalue weighted by atomic mass is 9.94. The second kappa shape index (κ2) is 10.5. The zero-order chi connectivity index (χ0) is 27.8. The van der Waals surface area contributed by atoms with E-state index >= 15 is 0 Å². The number of benzene rings is 1. The molecule has 0 atom stereocenters. The van der Waals surface area contributed by atoms with Crippen LogP contribution >= 0.6 is 0 Å². The Bertz CT molecular complexity index is 1870. The number of hydrogen-bond donors (Lipinski definition) is 4. The maximum atomic E-state index is 13.5. The van der Waals surface area contributed by atoms with E-state index in [1.807, 2.05) is 24.3 Å². The van der Waals surface area contributed by atoms with E-state index in [2.05, 4.69) is 35.8 Å². The fraction of sp³-hybridized carbons (Fsp3) is 0.200. The van der Waals surface area contributed by atoms with Crippen molar-refractivity contribution in [2.24, 2.45) is 5.92 Å². The van der Waals surface area contributed by atoms with E-state index in [4.69, 9.17) is 9.97 Å². The van der Waals surface area contributed by atoms with Crippen molar-refractivity contribution in [2.75, 3.05) is 18.4 Å². The molecule has 0 radical (unpaired) electrons. The minimum atomic E-state index is -0.299. The van der Waals surface area contributed by atoms with Crippen LogP contribution in [0.2, 0.25) is 0 Å². The molecule has 1 fully saturated rings. The summed E-state index contributed by atoms with van der Waals surface area (Å²) in [6.07, 6.45) is 7.58. The number of rotatable bonds is 6. The number of carbonyl (C=O) groups is 1. The van der Waals surface area contributed by atoms with Crippen molar-refractivity contribution >= 4 is 33.8 Å². The van der Waals surface area contributed by atoms with E-state index in [1.54, 1.807) is 30.7 Å². The number of aromatic nitrogens is 7. The van der Waals surface area contributed by atoms with Gasteiger partial charge in [0, 0.05) is 29.9 Å². The van der Waals surface area contributed by atoms with Gasteiger partial charge in [-0.05, 0) is 73.8 Å².